The van der Waals surface area contributed by atoms with Gasteiger partial charge in [-0.3, -0.25) is 9.55 Å². The van der Waals surface area contributed by atoms with E-state index in [0.29, 0.717) is 0 Å². The quantitative estimate of drug-likeness (QED) is 0.161. The maximum atomic E-state index is 5.55. The Kier molecular flexibility index (Phi) is 8.50. The van der Waals surface area contributed by atoms with E-state index < -0.39 is 0 Å². The molecule has 5 aromatic heterocycles. The fourth-order valence-electron chi connectivity index (χ4n) is 8.38. The van der Waals surface area contributed by atoms with Crippen LogP contribution in [-0.2, 0) is 26.5 Å². The predicted octanol–water partition coefficient (Wildman–Crippen LogP) is 12.3. The van der Waals surface area contributed by atoms with Crippen LogP contribution in [0.1, 0.15) is 26.3 Å². The van der Waals surface area contributed by atoms with Crippen LogP contribution >= 0.6 is 0 Å². The SMILES string of the molecule is CC(C)(C)c1ccc2c(c1)c1ccc(-c3cccc4c3nc(-c3cccc5c3[n-]c3ccccc35)n4-c3ccc(-c4ccncc4)cc3)[c-]c1n2-c1ccccn1.[Pt+2]. The van der Waals surface area contributed by atoms with Gasteiger partial charge in [-0.1, -0.05) is 117 Å². The first-order valence-corrected chi connectivity index (χ1v) is 19.3. The zero-order valence-electron chi connectivity index (χ0n) is 32.1. The Morgan fingerprint density at radius 2 is 1.34 bits per heavy atom. The zero-order chi connectivity index (χ0) is 38.3. The molecular weight excluding hydrogens is 892 g/mol. The molecule has 6 aromatic carbocycles. The number of imidazole rings is 1. The van der Waals surface area contributed by atoms with E-state index in [9.17, 15) is 0 Å². The van der Waals surface area contributed by atoms with E-state index in [2.05, 4.69) is 156 Å². The number of aromatic nitrogens is 6. The normalized spacial score (nSPS) is 11.9. The molecule has 6 nitrogen and oxygen atoms in total. The topological polar surface area (TPSA) is 62.6 Å². The molecule has 0 bridgehead atoms. The molecule has 0 aliphatic carbocycles. The van der Waals surface area contributed by atoms with Crippen LogP contribution < -0.4 is 4.98 Å². The minimum Gasteiger partial charge on any atom is -0.656 e. The Bertz CT molecular complexity index is 3320. The van der Waals surface area contributed by atoms with E-state index in [1.165, 1.54) is 10.9 Å². The van der Waals surface area contributed by atoms with Crippen molar-refractivity contribution in [3.8, 4) is 45.1 Å². The van der Waals surface area contributed by atoms with E-state index in [1.807, 2.05) is 48.9 Å². The van der Waals surface area contributed by atoms with Crippen molar-refractivity contribution in [3.63, 3.8) is 0 Å². The number of para-hydroxylation sites is 3. The van der Waals surface area contributed by atoms with Crippen LogP contribution in [0, 0.1) is 6.07 Å². The number of fused-ring (bicyclic) bond motifs is 7. The maximum Gasteiger partial charge on any atom is 2.00 e. The molecule has 0 saturated heterocycles. The molecule has 0 saturated carbocycles. The van der Waals surface area contributed by atoms with Gasteiger partial charge in [-0.2, -0.15) is 0 Å². The summed E-state index contributed by atoms with van der Waals surface area (Å²) in [6.07, 6.45) is 5.51. The molecule has 0 amide bonds. The van der Waals surface area contributed by atoms with E-state index in [0.717, 1.165) is 94.4 Å². The number of pyridine rings is 2. The van der Waals surface area contributed by atoms with E-state index >= 15 is 0 Å². The number of nitrogens with zero attached hydrogens (tertiary/aromatic N) is 6. The van der Waals surface area contributed by atoms with Crippen LogP contribution in [0.25, 0.3) is 99.8 Å². The summed E-state index contributed by atoms with van der Waals surface area (Å²) in [7, 11) is 0. The monoisotopic (exact) mass is 927 g/mol. The van der Waals surface area contributed by atoms with Crippen molar-refractivity contribution >= 4 is 54.6 Å². The minimum atomic E-state index is 0. The summed E-state index contributed by atoms with van der Waals surface area (Å²) in [5.41, 5.74) is 13.4. The largest absolute Gasteiger partial charge is 2.00 e. The Morgan fingerprint density at radius 1 is 0.586 bits per heavy atom. The number of rotatable bonds is 5. The molecule has 0 fully saturated rings. The molecule has 58 heavy (non-hydrogen) atoms. The molecule has 0 unspecified atom stereocenters. The molecule has 11 aromatic rings. The van der Waals surface area contributed by atoms with Gasteiger partial charge in [0.15, 0.2) is 0 Å². The van der Waals surface area contributed by atoms with Gasteiger partial charge in [-0.25, -0.2) is 9.97 Å². The fourth-order valence-corrected chi connectivity index (χ4v) is 8.38. The van der Waals surface area contributed by atoms with Crippen molar-refractivity contribution in [2.45, 2.75) is 26.2 Å². The summed E-state index contributed by atoms with van der Waals surface area (Å²) in [5.74, 6) is 1.69. The van der Waals surface area contributed by atoms with Gasteiger partial charge in [0, 0.05) is 35.4 Å². The molecule has 11 rings (SSSR count). The van der Waals surface area contributed by atoms with Crippen LogP contribution in [0.4, 0.5) is 0 Å². The number of hydrogen-bond acceptors (Lipinski definition) is 3. The molecule has 0 aliphatic heterocycles. The van der Waals surface area contributed by atoms with Crippen molar-refractivity contribution in [1.29, 1.82) is 0 Å². The van der Waals surface area contributed by atoms with Crippen molar-refractivity contribution < 1.29 is 21.1 Å². The van der Waals surface area contributed by atoms with E-state index in [4.69, 9.17) is 15.0 Å². The number of benzene rings is 6. The summed E-state index contributed by atoms with van der Waals surface area (Å²) in [6.45, 7) is 6.78. The first-order valence-electron chi connectivity index (χ1n) is 19.3. The third-order valence-electron chi connectivity index (χ3n) is 11.2. The van der Waals surface area contributed by atoms with E-state index in [1.54, 1.807) is 0 Å². The standard InChI is InChI=1S/C51H36N6.Pt/c1-51(2,3)35-20-24-44-42(31-35)39-23-19-34(30-46(39)57(44)47-16-6-7-27-53-47)37-11-9-15-45-49(37)55-50(41-13-8-12-40-38-10-4-5-14-43(38)54-48(40)41)56(45)36-21-17-32(18-22-36)33-25-28-52-29-26-33;/h4-29,31H,1-3H3;/q-2;+2. The van der Waals surface area contributed by atoms with Crippen LogP contribution in [0.15, 0.2) is 164 Å². The average Bonchev–Trinajstić information content (AvgIpc) is 3.93. The predicted molar refractivity (Wildman–Crippen MR) is 233 cm³/mol. The molecule has 0 spiro atoms. The molecule has 280 valence electrons. The molecule has 0 aliphatic rings. The molecule has 5 heterocycles. The molecule has 7 heteroatoms. The van der Waals surface area contributed by atoms with Crippen molar-refractivity contribution in [2.75, 3.05) is 0 Å². The summed E-state index contributed by atoms with van der Waals surface area (Å²) >= 11 is 0. The summed E-state index contributed by atoms with van der Waals surface area (Å²) < 4.78 is 4.52. The third kappa shape index (κ3) is 5.70. The van der Waals surface area contributed by atoms with Crippen molar-refractivity contribution in [2.24, 2.45) is 0 Å². The molecule has 0 N–H and O–H groups in total. The van der Waals surface area contributed by atoms with Crippen LogP contribution in [0.3, 0.4) is 0 Å². The fraction of sp³-hybridized carbons (Fsp3) is 0.0784. The van der Waals surface area contributed by atoms with E-state index in [-0.39, 0.29) is 26.5 Å². The molecule has 0 atom stereocenters. The first-order chi connectivity index (χ1) is 27.9. The van der Waals surface area contributed by atoms with Crippen molar-refractivity contribution in [1.82, 2.24) is 29.1 Å². The molecule has 0 radical (unpaired) electrons. The van der Waals surface area contributed by atoms with Crippen molar-refractivity contribution in [3.05, 3.63) is 176 Å². The van der Waals surface area contributed by atoms with Crippen LogP contribution in [0.2, 0.25) is 0 Å². The summed E-state index contributed by atoms with van der Waals surface area (Å²) in [4.78, 5) is 19.8. The van der Waals surface area contributed by atoms with Gasteiger partial charge in [-0.15, -0.1) is 34.8 Å². The molecular formula is C51H36N6Pt. The van der Waals surface area contributed by atoms with Crippen LogP contribution in [0.5, 0.6) is 0 Å². The average molecular weight is 928 g/mol. The second-order valence-electron chi connectivity index (χ2n) is 15.7. The van der Waals surface area contributed by atoms with Gasteiger partial charge in [0.25, 0.3) is 0 Å². The Hall–Kier alpha value is -6.62. The summed E-state index contributed by atoms with van der Waals surface area (Å²) in [5, 5.41) is 4.58. The maximum absolute atomic E-state index is 5.55. The zero-order valence-corrected chi connectivity index (χ0v) is 34.4. The summed E-state index contributed by atoms with van der Waals surface area (Å²) in [6, 6.07) is 55.2. The van der Waals surface area contributed by atoms with Gasteiger partial charge in [0.2, 0.25) is 0 Å². The number of hydrogen-bond donors (Lipinski definition) is 0. The van der Waals surface area contributed by atoms with Gasteiger partial charge < -0.3 is 9.55 Å². The first kappa shape index (κ1) is 35.8. The Morgan fingerprint density at radius 3 is 2.16 bits per heavy atom. The van der Waals surface area contributed by atoms with Gasteiger partial charge in [0.1, 0.15) is 11.6 Å². The van der Waals surface area contributed by atoms with Gasteiger partial charge in [0.05, 0.1) is 11.0 Å². The van der Waals surface area contributed by atoms with Crippen LogP contribution in [-0.4, -0.2) is 24.1 Å². The smallest absolute Gasteiger partial charge is 0.656 e. The minimum absolute atomic E-state index is 0. The Labute approximate surface area is 350 Å². The third-order valence-corrected chi connectivity index (χ3v) is 11.2. The second kappa shape index (κ2) is 13.8. The van der Waals surface area contributed by atoms with Gasteiger partial charge >= 0.3 is 21.1 Å². The Balaban J connectivity index is 0.00000408. The van der Waals surface area contributed by atoms with Gasteiger partial charge in [-0.05, 0) is 92.3 Å². The second-order valence-corrected chi connectivity index (χ2v) is 15.7.